The van der Waals surface area contributed by atoms with Crippen molar-refractivity contribution in [2.75, 3.05) is 6.61 Å². The van der Waals surface area contributed by atoms with Gasteiger partial charge in [-0.1, -0.05) is 35.9 Å². The highest BCUT2D eigenvalue weighted by Crippen LogP contribution is 2.38. The number of amides is 1. The quantitative estimate of drug-likeness (QED) is 0.251. The molecule has 1 saturated heterocycles. The largest absolute Gasteiger partial charge is 0.490 e. The van der Waals surface area contributed by atoms with Gasteiger partial charge in [0.05, 0.1) is 11.5 Å². The molecule has 0 aromatic heterocycles. The van der Waals surface area contributed by atoms with E-state index in [4.69, 9.17) is 21.1 Å². The Hall–Kier alpha value is -2.70. The lowest BCUT2D eigenvalue weighted by molar-refractivity contribution is -0.123. The molecule has 0 atom stereocenters. The molecule has 3 rings (SSSR count). The Labute approximate surface area is 217 Å². The van der Waals surface area contributed by atoms with E-state index in [-0.39, 0.29) is 18.0 Å². The number of amidine groups is 1. The molecule has 0 aliphatic carbocycles. The number of hydrogen-bond donors (Lipinski definition) is 0. The zero-order valence-corrected chi connectivity index (χ0v) is 22.6. The highest BCUT2D eigenvalue weighted by Gasteiger charge is 2.35. The summed E-state index contributed by atoms with van der Waals surface area (Å²) in [5, 5.41) is 1.39. The second-order valence-electron chi connectivity index (χ2n) is 8.70. The zero-order valence-electron chi connectivity index (χ0n) is 21.0. The SMILES string of the molecule is C=CCc1cc(/C=C2/SC(=NC(C)C)N(C(C)C)C2=O)cc(OCC)c1OCc1ccccc1Cl. The molecule has 1 heterocycles. The molecule has 5 nitrogen and oxygen atoms in total. The highest BCUT2D eigenvalue weighted by atomic mass is 35.5. The molecule has 1 aliphatic heterocycles. The molecule has 0 bridgehead atoms. The average molecular weight is 513 g/mol. The molecule has 186 valence electrons. The minimum atomic E-state index is -0.0355. The first-order chi connectivity index (χ1) is 16.7. The summed E-state index contributed by atoms with van der Waals surface area (Å²) in [6.45, 7) is 14.6. The predicted octanol–water partition coefficient (Wildman–Crippen LogP) is 7.14. The molecule has 0 saturated carbocycles. The van der Waals surface area contributed by atoms with Crippen LogP contribution in [0, 0.1) is 0 Å². The topological polar surface area (TPSA) is 51.1 Å². The maximum Gasteiger partial charge on any atom is 0.266 e. The number of carbonyl (C=O) groups excluding carboxylic acids is 1. The minimum Gasteiger partial charge on any atom is -0.490 e. The number of benzene rings is 2. The summed E-state index contributed by atoms with van der Waals surface area (Å²) in [5.41, 5.74) is 2.68. The number of aliphatic imine (C=N–C) groups is 1. The van der Waals surface area contributed by atoms with Crippen LogP contribution in [0.15, 0.2) is 59.0 Å². The van der Waals surface area contributed by atoms with E-state index in [0.29, 0.717) is 41.1 Å². The molecule has 0 N–H and O–H groups in total. The monoisotopic (exact) mass is 512 g/mol. The zero-order chi connectivity index (χ0) is 25.5. The third kappa shape index (κ3) is 6.71. The van der Waals surface area contributed by atoms with Crippen LogP contribution in [-0.4, -0.2) is 34.7 Å². The maximum absolute atomic E-state index is 13.2. The van der Waals surface area contributed by atoms with Crippen LogP contribution in [0.4, 0.5) is 0 Å². The van der Waals surface area contributed by atoms with E-state index in [1.54, 1.807) is 4.90 Å². The lowest BCUT2D eigenvalue weighted by Gasteiger charge is -2.20. The lowest BCUT2D eigenvalue weighted by Crippen LogP contribution is -2.35. The Bertz CT molecular complexity index is 1140. The van der Waals surface area contributed by atoms with Crippen molar-refractivity contribution in [1.82, 2.24) is 4.90 Å². The number of allylic oxidation sites excluding steroid dienone is 1. The summed E-state index contributed by atoms with van der Waals surface area (Å²) in [4.78, 5) is 20.2. The van der Waals surface area contributed by atoms with E-state index >= 15 is 0 Å². The van der Waals surface area contributed by atoms with Gasteiger partial charge >= 0.3 is 0 Å². The van der Waals surface area contributed by atoms with Gasteiger partial charge < -0.3 is 9.47 Å². The van der Waals surface area contributed by atoms with E-state index in [2.05, 4.69) is 11.6 Å². The van der Waals surface area contributed by atoms with Crippen LogP contribution < -0.4 is 9.47 Å². The number of thioether (sulfide) groups is 1. The highest BCUT2D eigenvalue weighted by molar-refractivity contribution is 8.18. The van der Waals surface area contributed by atoms with Gasteiger partial charge in [-0.2, -0.15) is 0 Å². The third-order valence-corrected chi connectivity index (χ3v) is 6.53. The second kappa shape index (κ2) is 12.3. The van der Waals surface area contributed by atoms with Gasteiger partial charge in [0.15, 0.2) is 16.7 Å². The summed E-state index contributed by atoms with van der Waals surface area (Å²) in [7, 11) is 0. The van der Waals surface area contributed by atoms with Crippen LogP contribution in [0.5, 0.6) is 11.5 Å². The van der Waals surface area contributed by atoms with Gasteiger partial charge in [-0.25, -0.2) is 0 Å². The van der Waals surface area contributed by atoms with Gasteiger partial charge in [-0.3, -0.25) is 14.7 Å². The molecular formula is C28H33ClN2O3S. The van der Waals surface area contributed by atoms with Crippen LogP contribution in [-0.2, 0) is 17.8 Å². The van der Waals surface area contributed by atoms with Crippen molar-refractivity contribution >= 4 is 40.5 Å². The predicted molar refractivity (Wildman–Crippen MR) is 147 cm³/mol. The van der Waals surface area contributed by atoms with E-state index in [1.165, 1.54) is 11.8 Å². The fraction of sp³-hybridized carbons (Fsp3) is 0.357. The first-order valence-electron chi connectivity index (χ1n) is 11.8. The van der Waals surface area contributed by atoms with E-state index in [9.17, 15) is 4.79 Å². The van der Waals surface area contributed by atoms with Crippen molar-refractivity contribution in [3.8, 4) is 11.5 Å². The first kappa shape index (κ1) is 26.9. The van der Waals surface area contributed by atoms with Crippen molar-refractivity contribution in [3.05, 3.63) is 75.7 Å². The van der Waals surface area contributed by atoms with Crippen LogP contribution in [0.2, 0.25) is 5.02 Å². The molecule has 0 unspecified atom stereocenters. The lowest BCUT2D eigenvalue weighted by atomic mass is 10.0. The van der Waals surface area contributed by atoms with Crippen LogP contribution in [0.25, 0.3) is 6.08 Å². The Balaban J connectivity index is 2.00. The third-order valence-electron chi connectivity index (χ3n) is 5.17. The normalized spacial score (nSPS) is 16.1. The molecule has 2 aromatic carbocycles. The summed E-state index contributed by atoms with van der Waals surface area (Å²) in [6.07, 6.45) is 4.32. The van der Waals surface area contributed by atoms with E-state index < -0.39 is 0 Å². The van der Waals surface area contributed by atoms with Crippen molar-refractivity contribution in [2.24, 2.45) is 4.99 Å². The van der Waals surface area contributed by atoms with Crippen LogP contribution >= 0.6 is 23.4 Å². The summed E-state index contributed by atoms with van der Waals surface area (Å²) in [6, 6.07) is 11.7. The Morgan fingerprint density at radius 2 is 1.89 bits per heavy atom. The number of rotatable bonds is 10. The average Bonchev–Trinajstić information content (AvgIpc) is 3.08. The van der Waals surface area contributed by atoms with Crippen molar-refractivity contribution in [2.45, 2.75) is 59.7 Å². The van der Waals surface area contributed by atoms with Gasteiger partial charge in [0.2, 0.25) is 0 Å². The number of halogens is 1. The molecule has 2 aromatic rings. The molecule has 0 radical (unpaired) electrons. The fourth-order valence-corrected chi connectivity index (χ4v) is 5.09. The molecule has 35 heavy (non-hydrogen) atoms. The molecule has 0 spiro atoms. The van der Waals surface area contributed by atoms with E-state index in [0.717, 1.165) is 21.9 Å². The van der Waals surface area contributed by atoms with Gasteiger partial charge in [-0.05, 0) is 82.6 Å². The van der Waals surface area contributed by atoms with Crippen molar-refractivity contribution in [3.63, 3.8) is 0 Å². The van der Waals surface area contributed by atoms with Gasteiger partial charge in [0.25, 0.3) is 5.91 Å². The Kier molecular flexibility index (Phi) is 9.47. The maximum atomic E-state index is 13.2. The molecular weight excluding hydrogens is 480 g/mol. The van der Waals surface area contributed by atoms with Gasteiger partial charge in [-0.15, -0.1) is 6.58 Å². The number of ether oxygens (including phenoxy) is 2. The van der Waals surface area contributed by atoms with Crippen molar-refractivity contribution < 1.29 is 14.3 Å². The molecule has 7 heteroatoms. The van der Waals surface area contributed by atoms with Crippen molar-refractivity contribution in [1.29, 1.82) is 0 Å². The molecule has 1 aliphatic rings. The second-order valence-corrected chi connectivity index (χ2v) is 10.1. The molecule has 1 amide bonds. The summed E-state index contributed by atoms with van der Waals surface area (Å²) in [5.74, 6) is 1.25. The van der Waals surface area contributed by atoms with Gasteiger partial charge in [0.1, 0.15) is 6.61 Å². The first-order valence-corrected chi connectivity index (χ1v) is 13.0. The minimum absolute atomic E-state index is 0.0225. The van der Waals surface area contributed by atoms with Crippen LogP contribution in [0.1, 0.15) is 51.3 Å². The fourth-order valence-electron chi connectivity index (χ4n) is 3.67. The Morgan fingerprint density at radius 3 is 2.51 bits per heavy atom. The van der Waals surface area contributed by atoms with E-state index in [1.807, 2.05) is 83.2 Å². The number of carbonyl (C=O) groups is 1. The number of hydrogen-bond acceptors (Lipinski definition) is 5. The van der Waals surface area contributed by atoms with Crippen LogP contribution in [0.3, 0.4) is 0 Å². The Morgan fingerprint density at radius 1 is 1.14 bits per heavy atom. The smallest absolute Gasteiger partial charge is 0.266 e. The van der Waals surface area contributed by atoms with Gasteiger partial charge in [0, 0.05) is 28.2 Å². The summed E-state index contributed by atoms with van der Waals surface area (Å²) >= 11 is 7.73. The summed E-state index contributed by atoms with van der Waals surface area (Å²) < 4.78 is 12.2. The standard InChI is InChI=1S/C28H33ClN2O3S/c1-7-11-21-14-20(16-25-27(32)31(19(5)6)28(35-25)30-18(3)4)15-24(33-8-2)26(21)34-17-22-12-9-10-13-23(22)29/h7,9-10,12-16,18-19H,1,8,11,17H2,2-6H3/b25-16+,30-28?. The molecule has 1 fully saturated rings. The number of nitrogens with zero attached hydrogens (tertiary/aromatic N) is 2.